The fraction of sp³-hybridized carbons (Fsp3) is 0.125. The van der Waals surface area contributed by atoms with Crippen LogP contribution in [0.3, 0.4) is 0 Å². The molecule has 0 atom stereocenters. The van der Waals surface area contributed by atoms with Crippen LogP contribution in [0.4, 0.5) is 22.0 Å². The molecule has 0 spiro atoms. The molecule has 0 aliphatic rings. The maximum absolute atomic E-state index is 13.1. The number of carboxylic acids is 1. The van der Waals surface area contributed by atoms with Crippen molar-refractivity contribution in [3.05, 3.63) is 29.1 Å². The number of rotatable bonds is 4. The maximum Gasteiger partial charge on any atom is 0.246 e. The molecule has 0 radical (unpaired) electrons. The second kappa shape index (κ2) is 5.09. The second-order valence-corrected chi connectivity index (χ2v) is 4.80. The zero-order valence-electron chi connectivity index (χ0n) is 8.64. The van der Waals surface area contributed by atoms with Gasteiger partial charge in [0.1, 0.15) is 0 Å². The van der Waals surface area contributed by atoms with Crippen LogP contribution in [0.5, 0.6) is 0 Å². The van der Waals surface area contributed by atoms with Gasteiger partial charge in [-0.3, -0.25) is 0 Å². The van der Waals surface area contributed by atoms with Gasteiger partial charge in [0, 0.05) is 0 Å². The molecular weight excluding hydrogens is 301 g/mol. The Kier molecular flexibility index (Phi) is 4.10. The molecule has 1 aromatic carbocycles. The smallest absolute Gasteiger partial charge is 0.246 e. The molecule has 0 saturated heterocycles. The van der Waals surface area contributed by atoms with E-state index in [1.165, 1.54) is 0 Å². The van der Waals surface area contributed by atoms with E-state index >= 15 is 0 Å². The highest BCUT2D eigenvalue weighted by molar-refractivity contribution is 7.89. The summed E-state index contributed by atoms with van der Waals surface area (Å²) < 4.78 is 88.0. The Morgan fingerprint density at radius 3 is 1.68 bits per heavy atom. The van der Waals surface area contributed by atoms with Crippen LogP contribution in [0.2, 0.25) is 0 Å². The number of benzene rings is 1. The summed E-state index contributed by atoms with van der Waals surface area (Å²) in [5.74, 6) is -14.6. The standard InChI is InChI=1S/C8H4F5NO4S/c9-3-4(10)6(12)8(7(13)5(3)11)19(17,18)14-1-2(15)16/h14H,1H2,(H,15,16)/p-1. The summed E-state index contributed by atoms with van der Waals surface area (Å²) in [6.45, 7) is -1.40. The van der Waals surface area contributed by atoms with E-state index in [0.717, 1.165) is 4.72 Å². The average Bonchev–Trinajstić information content (AvgIpc) is 2.31. The van der Waals surface area contributed by atoms with Gasteiger partial charge in [-0.05, 0) is 0 Å². The van der Waals surface area contributed by atoms with Crippen molar-refractivity contribution in [1.82, 2.24) is 4.72 Å². The molecule has 0 heterocycles. The number of carbonyl (C=O) groups excluding carboxylic acids is 1. The van der Waals surface area contributed by atoms with Crippen molar-refractivity contribution < 1.29 is 40.3 Å². The number of carbonyl (C=O) groups is 1. The highest BCUT2D eigenvalue weighted by Gasteiger charge is 2.33. The molecule has 11 heteroatoms. The fourth-order valence-corrected chi connectivity index (χ4v) is 2.15. The fourth-order valence-electron chi connectivity index (χ4n) is 1.05. The molecule has 19 heavy (non-hydrogen) atoms. The maximum atomic E-state index is 13.1. The van der Waals surface area contributed by atoms with Crippen LogP contribution in [-0.4, -0.2) is 20.9 Å². The van der Waals surface area contributed by atoms with Crippen LogP contribution in [0.1, 0.15) is 0 Å². The lowest BCUT2D eigenvalue weighted by atomic mass is 10.3. The van der Waals surface area contributed by atoms with Gasteiger partial charge in [0.05, 0.1) is 12.5 Å². The van der Waals surface area contributed by atoms with Crippen molar-refractivity contribution in [1.29, 1.82) is 0 Å². The number of halogens is 5. The summed E-state index contributed by atoms with van der Waals surface area (Å²) in [4.78, 5) is 7.84. The number of hydrogen-bond acceptors (Lipinski definition) is 4. The molecule has 0 aliphatic heterocycles. The minimum absolute atomic E-state index is 1.10. The number of nitrogens with one attached hydrogen (secondary N) is 1. The first kappa shape index (κ1) is 15.3. The van der Waals surface area contributed by atoms with Gasteiger partial charge in [0.25, 0.3) is 0 Å². The largest absolute Gasteiger partial charge is 0.549 e. The SMILES string of the molecule is O=C([O-])CNS(=O)(=O)c1c(F)c(F)c(F)c(F)c1F. The van der Waals surface area contributed by atoms with Gasteiger partial charge >= 0.3 is 0 Å². The summed E-state index contributed by atoms with van der Waals surface area (Å²) in [5, 5.41) is 10.0. The van der Waals surface area contributed by atoms with E-state index in [4.69, 9.17) is 0 Å². The van der Waals surface area contributed by atoms with Gasteiger partial charge in [0.15, 0.2) is 28.2 Å². The molecule has 0 fully saturated rings. The van der Waals surface area contributed by atoms with E-state index in [9.17, 15) is 40.3 Å². The van der Waals surface area contributed by atoms with Crippen LogP contribution >= 0.6 is 0 Å². The lowest BCUT2D eigenvalue weighted by molar-refractivity contribution is -0.303. The van der Waals surface area contributed by atoms with E-state index in [2.05, 4.69) is 0 Å². The molecule has 0 aliphatic carbocycles. The van der Waals surface area contributed by atoms with E-state index in [-0.39, 0.29) is 0 Å². The van der Waals surface area contributed by atoms with Gasteiger partial charge in [-0.25, -0.2) is 35.1 Å². The normalized spacial score (nSPS) is 11.6. The number of sulfonamides is 1. The first-order chi connectivity index (χ1) is 8.59. The Hall–Kier alpha value is -1.75. The summed E-state index contributed by atoms with van der Waals surface area (Å²) in [5.41, 5.74) is 0. The van der Waals surface area contributed by atoms with Crippen molar-refractivity contribution in [2.45, 2.75) is 4.90 Å². The van der Waals surface area contributed by atoms with Gasteiger partial charge < -0.3 is 9.90 Å². The third kappa shape index (κ3) is 2.81. The second-order valence-electron chi connectivity index (χ2n) is 3.10. The summed E-state index contributed by atoms with van der Waals surface area (Å²) >= 11 is 0. The molecule has 0 saturated carbocycles. The molecule has 0 aromatic heterocycles. The molecular formula is C8H3F5NO4S-. The van der Waals surface area contributed by atoms with Gasteiger partial charge in [-0.1, -0.05) is 0 Å². The van der Waals surface area contributed by atoms with Gasteiger partial charge in [0.2, 0.25) is 15.8 Å². The van der Waals surface area contributed by atoms with Crippen molar-refractivity contribution in [2.75, 3.05) is 6.54 Å². The number of hydrogen-bond donors (Lipinski definition) is 1. The first-order valence-electron chi connectivity index (χ1n) is 4.30. The van der Waals surface area contributed by atoms with Crippen molar-refractivity contribution in [3.63, 3.8) is 0 Å². The van der Waals surface area contributed by atoms with Gasteiger partial charge in [-0.2, -0.15) is 0 Å². The lowest BCUT2D eigenvalue weighted by Gasteiger charge is -2.10. The predicted octanol–water partition coefficient (Wildman–Crippen LogP) is -0.590. The zero-order valence-corrected chi connectivity index (χ0v) is 9.45. The van der Waals surface area contributed by atoms with Crippen LogP contribution in [0.25, 0.3) is 0 Å². The molecule has 106 valence electrons. The van der Waals surface area contributed by atoms with E-state index in [1.54, 1.807) is 0 Å². The van der Waals surface area contributed by atoms with E-state index in [0.29, 0.717) is 0 Å². The van der Waals surface area contributed by atoms with Crippen LogP contribution in [0.15, 0.2) is 4.90 Å². The molecule has 0 bridgehead atoms. The summed E-state index contributed by atoms with van der Waals surface area (Å²) in [6, 6.07) is 0. The highest BCUT2D eigenvalue weighted by atomic mass is 32.2. The molecule has 1 N–H and O–H groups in total. The molecule has 5 nitrogen and oxygen atoms in total. The lowest BCUT2D eigenvalue weighted by Crippen LogP contribution is -2.38. The monoisotopic (exact) mass is 304 g/mol. The topological polar surface area (TPSA) is 86.3 Å². The van der Waals surface area contributed by atoms with E-state index < -0.39 is 56.5 Å². The Morgan fingerprint density at radius 2 is 1.32 bits per heavy atom. The highest BCUT2D eigenvalue weighted by Crippen LogP contribution is 2.26. The van der Waals surface area contributed by atoms with Crippen molar-refractivity contribution in [3.8, 4) is 0 Å². The van der Waals surface area contributed by atoms with Crippen molar-refractivity contribution in [2.24, 2.45) is 0 Å². The third-order valence-electron chi connectivity index (χ3n) is 1.84. The molecule has 1 rings (SSSR count). The Balaban J connectivity index is 3.47. The van der Waals surface area contributed by atoms with Crippen molar-refractivity contribution >= 4 is 16.0 Å². The molecule has 1 aromatic rings. The minimum Gasteiger partial charge on any atom is -0.549 e. The van der Waals surface area contributed by atoms with Crippen LogP contribution < -0.4 is 9.83 Å². The zero-order chi connectivity index (χ0) is 15.0. The summed E-state index contributed by atoms with van der Waals surface area (Å²) in [6.07, 6.45) is 0. The Morgan fingerprint density at radius 1 is 0.947 bits per heavy atom. The molecule has 0 amide bonds. The Bertz CT molecular complexity index is 616. The van der Waals surface area contributed by atoms with Crippen LogP contribution in [-0.2, 0) is 14.8 Å². The van der Waals surface area contributed by atoms with E-state index in [1.807, 2.05) is 0 Å². The van der Waals surface area contributed by atoms with Gasteiger partial charge in [-0.15, -0.1) is 0 Å². The first-order valence-corrected chi connectivity index (χ1v) is 5.79. The third-order valence-corrected chi connectivity index (χ3v) is 3.27. The molecule has 0 unspecified atom stereocenters. The number of aliphatic carboxylic acids is 1. The predicted molar refractivity (Wildman–Crippen MR) is 46.4 cm³/mol. The minimum atomic E-state index is -5.25. The Labute approximate surface area is 102 Å². The average molecular weight is 304 g/mol. The van der Waals surface area contributed by atoms with Crippen LogP contribution in [0, 0.1) is 29.1 Å². The number of carboxylic acid groups (broad SMARTS) is 1. The summed E-state index contributed by atoms with van der Waals surface area (Å²) in [7, 11) is -5.25. The quantitative estimate of drug-likeness (QED) is 0.458.